The molecule has 1 unspecified atom stereocenters. The number of hydrogen-bond donors (Lipinski definition) is 1. The molecule has 1 aliphatic rings. The highest BCUT2D eigenvalue weighted by atomic mass is 16.5. The first kappa shape index (κ1) is 21.2. The van der Waals surface area contributed by atoms with Crippen LogP contribution in [0.15, 0.2) is 108 Å². The quantitative estimate of drug-likeness (QED) is 0.249. The van der Waals surface area contributed by atoms with Gasteiger partial charge in [-0.1, -0.05) is 30.3 Å². The normalized spacial score (nSPS) is 17.2. The Labute approximate surface area is 195 Å². The standard InChI is InChI=1S/C27H20N2O5/c30-25(18-11-13-28-14-12-18)23-24(29(27(32)26(23)31)17-22-10-5-15-33-22)19-6-4-9-21(16-19)34-20-7-2-1-3-8-20/h1-16,24,30H,17H2/b25-23+. The molecular weight excluding hydrogens is 432 g/mol. The van der Waals surface area contributed by atoms with Gasteiger partial charge in [0, 0.05) is 18.0 Å². The first-order chi connectivity index (χ1) is 16.6. The van der Waals surface area contributed by atoms with Crippen molar-refractivity contribution in [3.63, 3.8) is 0 Å². The molecule has 3 heterocycles. The Hall–Kier alpha value is -4.65. The van der Waals surface area contributed by atoms with Gasteiger partial charge >= 0.3 is 0 Å². The second kappa shape index (κ2) is 9.07. The molecule has 1 atom stereocenters. The SMILES string of the molecule is O=C1C(=O)N(Cc2ccco2)C(c2cccc(Oc3ccccc3)c2)/C1=C(\O)c1ccncc1. The fraction of sp³-hybridized carbons (Fsp3) is 0.0741. The zero-order valence-electron chi connectivity index (χ0n) is 18.0. The number of ketones is 1. The number of rotatable bonds is 6. The molecule has 2 aromatic carbocycles. The summed E-state index contributed by atoms with van der Waals surface area (Å²) in [5.74, 6) is -0.0292. The van der Waals surface area contributed by atoms with Gasteiger partial charge in [0.15, 0.2) is 0 Å². The molecule has 0 spiro atoms. The van der Waals surface area contributed by atoms with Crippen LogP contribution >= 0.6 is 0 Å². The molecule has 0 bridgehead atoms. The van der Waals surface area contributed by atoms with Crippen molar-refractivity contribution in [2.24, 2.45) is 0 Å². The molecule has 168 valence electrons. The highest BCUT2D eigenvalue weighted by molar-refractivity contribution is 6.46. The van der Waals surface area contributed by atoms with Crippen LogP contribution in [0.3, 0.4) is 0 Å². The van der Waals surface area contributed by atoms with E-state index < -0.39 is 17.7 Å². The molecule has 4 aromatic rings. The van der Waals surface area contributed by atoms with E-state index in [0.717, 1.165) is 0 Å². The Kier molecular flexibility index (Phi) is 5.66. The maximum Gasteiger partial charge on any atom is 0.296 e. The largest absolute Gasteiger partial charge is 0.507 e. The van der Waals surface area contributed by atoms with Gasteiger partial charge in [-0.15, -0.1) is 0 Å². The fourth-order valence-electron chi connectivity index (χ4n) is 4.00. The number of hydrogen-bond acceptors (Lipinski definition) is 6. The van der Waals surface area contributed by atoms with Crippen LogP contribution < -0.4 is 4.74 Å². The lowest BCUT2D eigenvalue weighted by Gasteiger charge is -2.25. The number of Topliss-reactive ketones (excluding diaryl/α,β-unsaturated/α-hetero) is 1. The minimum absolute atomic E-state index is 0.000354. The molecule has 1 amide bonds. The van der Waals surface area contributed by atoms with Crippen LogP contribution in [0.5, 0.6) is 11.5 Å². The van der Waals surface area contributed by atoms with Crippen LogP contribution in [0.2, 0.25) is 0 Å². The molecular formula is C27H20N2O5. The second-order valence-electron chi connectivity index (χ2n) is 7.73. The van der Waals surface area contributed by atoms with E-state index in [-0.39, 0.29) is 17.9 Å². The van der Waals surface area contributed by atoms with Crippen LogP contribution in [0.1, 0.15) is 22.9 Å². The number of aliphatic hydroxyl groups excluding tert-OH is 1. The van der Waals surface area contributed by atoms with Gasteiger partial charge in [-0.05, 0) is 54.1 Å². The minimum atomic E-state index is -0.836. The van der Waals surface area contributed by atoms with E-state index in [2.05, 4.69) is 4.98 Å². The third-order valence-corrected chi connectivity index (χ3v) is 5.55. The van der Waals surface area contributed by atoms with Crippen LogP contribution in [-0.4, -0.2) is 26.7 Å². The lowest BCUT2D eigenvalue weighted by Crippen LogP contribution is -2.29. The van der Waals surface area contributed by atoms with Crippen molar-refractivity contribution < 1.29 is 23.8 Å². The molecule has 0 saturated carbocycles. The van der Waals surface area contributed by atoms with E-state index in [9.17, 15) is 14.7 Å². The molecule has 0 radical (unpaired) electrons. The number of benzene rings is 2. The zero-order valence-corrected chi connectivity index (χ0v) is 18.0. The van der Waals surface area contributed by atoms with Crippen molar-refractivity contribution in [1.29, 1.82) is 0 Å². The molecule has 34 heavy (non-hydrogen) atoms. The molecule has 1 fully saturated rings. The summed E-state index contributed by atoms with van der Waals surface area (Å²) in [4.78, 5) is 31.6. The van der Waals surface area contributed by atoms with Crippen LogP contribution in [-0.2, 0) is 16.1 Å². The number of likely N-dealkylation sites (tertiary alicyclic amines) is 1. The van der Waals surface area contributed by atoms with Crippen LogP contribution in [0.25, 0.3) is 5.76 Å². The minimum Gasteiger partial charge on any atom is -0.507 e. The number of aliphatic hydroxyl groups is 1. The first-order valence-corrected chi connectivity index (χ1v) is 10.7. The summed E-state index contributed by atoms with van der Waals surface area (Å²) in [7, 11) is 0. The average molecular weight is 452 g/mol. The molecule has 1 aliphatic heterocycles. The third-order valence-electron chi connectivity index (χ3n) is 5.55. The van der Waals surface area contributed by atoms with Gasteiger partial charge in [0.1, 0.15) is 23.0 Å². The molecule has 2 aromatic heterocycles. The predicted molar refractivity (Wildman–Crippen MR) is 124 cm³/mol. The number of para-hydroxylation sites is 1. The van der Waals surface area contributed by atoms with Gasteiger partial charge in [0.2, 0.25) is 0 Å². The number of carbonyl (C=O) groups excluding carboxylic acids is 2. The van der Waals surface area contributed by atoms with E-state index in [0.29, 0.717) is 28.4 Å². The molecule has 7 nitrogen and oxygen atoms in total. The van der Waals surface area contributed by atoms with Gasteiger partial charge in [0.05, 0.1) is 24.4 Å². The van der Waals surface area contributed by atoms with E-state index >= 15 is 0 Å². The van der Waals surface area contributed by atoms with Crippen molar-refractivity contribution in [2.75, 3.05) is 0 Å². The number of carbonyl (C=O) groups is 2. The maximum atomic E-state index is 13.1. The fourth-order valence-corrected chi connectivity index (χ4v) is 4.00. The number of amides is 1. The third kappa shape index (κ3) is 4.06. The average Bonchev–Trinajstić information content (AvgIpc) is 3.47. The van der Waals surface area contributed by atoms with Crippen molar-refractivity contribution in [3.8, 4) is 11.5 Å². The highest BCUT2D eigenvalue weighted by Gasteiger charge is 2.46. The van der Waals surface area contributed by atoms with E-state index in [1.165, 1.54) is 23.6 Å². The zero-order chi connectivity index (χ0) is 23.5. The maximum absolute atomic E-state index is 13.1. The molecule has 1 N–H and O–H groups in total. The van der Waals surface area contributed by atoms with Crippen molar-refractivity contribution in [3.05, 3.63) is 120 Å². The summed E-state index contributed by atoms with van der Waals surface area (Å²) in [6, 6.07) is 22.2. The molecule has 5 rings (SSSR count). The number of pyridine rings is 1. The summed E-state index contributed by atoms with van der Waals surface area (Å²) >= 11 is 0. The van der Waals surface area contributed by atoms with E-state index in [4.69, 9.17) is 9.15 Å². The molecule has 0 aliphatic carbocycles. The summed E-state index contributed by atoms with van der Waals surface area (Å²) in [6.45, 7) is 0.0686. The summed E-state index contributed by atoms with van der Waals surface area (Å²) in [5, 5.41) is 11.1. The number of nitrogens with zero attached hydrogens (tertiary/aromatic N) is 2. The topological polar surface area (TPSA) is 92.9 Å². The lowest BCUT2D eigenvalue weighted by molar-refractivity contribution is -0.140. The first-order valence-electron chi connectivity index (χ1n) is 10.7. The summed E-state index contributed by atoms with van der Waals surface area (Å²) in [5.41, 5.74) is 1.02. The van der Waals surface area contributed by atoms with Crippen molar-refractivity contribution >= 4 is 17.4 Å². The van der Waals surface area contributed by atoms with Gasteiger partial charge in [0.25, 0.3) is 11.7 Å². The summed E-state index contributed by atoms with van der Waals surface area (Å²) in [6.07, 6.45) is 4.53. The molecule has 1 saturated heterocycles. The van der Waals surface area contributed by atoms with Crippen LogP contribution in [0, 0.1) is 0 Å². The Bertz CT molecular complexity index is 1350. The Balaban J connectivity index is 1.61. The Morgan fingerprint density at radius 3 is 2.44 bits per heavy atom. The van der Waals surface area contributed by atoms with E-state index in [1.807, 2.05) is 30.3 Å². The van der Waals surface area contributed by atoms with Gasteiger partial charge in [-0.3, -0.25) is 14.6 Å². The number of ether oxygens (including phenoxy) is 1. The smallest absolute Gasteiger partial charge is 0.296 e. The summed E-state index contributed by atoms with van der Waals surface area (Å²) < 4.78 is 11.4. The van der Waals surface area contributed by atoms with Crippen molar-refractivity contribution in [1.82, 2.24) is 9.88 Å². The van der Waals surface area contributed by atoms with Gasteiger partial charge in [-0.2, -0.15) is 0 Å². The van der Waals surface area contributed by atoms with E-state index in [1.54, 1.807) is 48.5 Å². The number of aromatic nitrogens is 1. The Morgan fingerprint density at radius 1 is 0.941 bits per heavy atom. The highest BCUT2D eigenvalue weighted by Crippen LogP contribution is 2.41. The van der Waals surface area contributed by atoms with Crippen molar-refractivity contribution in [2.45, 2.75) is 12.6 Å². The second-order valence-corrected chi connectivity index (χ2v) is 7.73. The van der Waals surface area contributed by atoms with Crippen LogP contribution in [0.4, 0.5) is 0 Å². The lowest BCUT2D eigenvalue weighted by atomic mass is 9.95. The molecule has 7 heteroatoms. The van der Waals surface area contributed by atoms with Gasteiger partial charge in [-0.25, -0.2) is 0 Å². The predicted octanol–water partition coefficient (Wildman–Crippen LogP) is 5.09. The monoisotopic (exact) mass is 452 g/mol. The number of furan rings is 1. The van der Waals surface area contributed by atoms with Gasteiger partial charge < -0.3 is 19.2 Å². The Morgan fingerprint density at radius 2 is 1.71 bits per heavy atom.